The van der Waals surface area contributed by atoms with Crippen molar-refractivity contribution in [3.05, 3.63) is 71.4 Å². The van der Waals surface area contributed by atoms with Crippen molar-refractivity contribution >= 4 is 52.2 Å². The Morgan fingerprint density at radius 2 is 1.89 bits per heavy atom. The van der Waals surface area contributed by atoms with Crippen LogP contribution in [0.2, 0.25) is 5.02 Å². The minimum Gasteiger partial charge on any atom is -0.495 e. The van der Waals surface area contributed by atoms with Gasteiger partial charge in [-0.1, -0.05) is 29.8 Å². The average Bonchev–Trinajstić information content (AvgIpc) is 2.86. The van der Waals surface area contributed by atoms with Crippen LogP contribution in [-0.4, -0.2) is 61.5 Å². The first-order valence-electron chi connectivity index (χ1n) is 11.0. The van der Waals surface area contributed by atoms with Crippen molar-refractivity contribution < 1.29 is 14.3 Å². The first kappa shape index (κ1) is 26.5. The van der Waals surface area contributed by atoms with Crippen molar-refractivity contribution in [3.8, 4) is 5.75 Å². The topological polar surface area (TPSA) is 121 Å². The monoisotopic (exact) mass is 509 g/mol. The number of carbonyl (C=O) groups is 2. The second-order valence-electron chi connectivity index (χ2n) is 7.83. The van der Waals surface area contributed by atoms with Gasteiger partial charge in [-0.2, -0.15) is 4.98 Å². The Bertz CT molecular complexity index is 1260. The van der Waals surface area contributed by atoms with Crippen molar-refractivity contribution in [1.82, 2.24) is 20.2 Å². The van der Waals surface area contributed by atoms with Gasteiger partial charge in [0.25, 0.3) is 5.91 Å². The molecule has 0 atom stereocenters. The Kier molecular flexibility index (Phi) is 9.20. The number of benzene rings is 2. The molecule has 0 aliphatic carbocycles. The van der Waals surface area contributed by atoms with E-state index < -0.39 is 0 Å². The highest BCUT2D eigenvalue weighted by molar-refractivity contribution is 6.33. The zero-order chi connectivity index (χ0) is 26.1. The van der Waals surface area contributed by atoms with Gasteiger partial charge in [0, 0.05) is 25.4 Å². The summed E-state index contributed by atoms with van der Waals surface area (Å²) in [7, 11) is 6.94. The van der Waals surface area contributed by atoms with Crippen LogP contribution in [0.4, 0.5) is 28.8 Å². The number of nitrogens with zero attached hydrogens (tertiary/aromatic N) is 3. The molecule has 2 aromatic carbocycles. The van der Waals surface area contributed by atoms with Crippen LogP contribution in [0.5, 0.6) is 5.75 Å². The highest BCUT2D eigenvalue weighted by Gasteiger charge is 2.14. The molecule has 0 spiro atoms. The van der Waals surface area contributed by atoms with E-state index in [1.54, 1.807) is 55.6 Å². The maximum absolute atomic E-state index is 12.2. The Morgan fingerprint density at radius 1 is 1.11 bits per heavy atom. The van der Waals surface area contributed by atoms with E-state index in [2.05, 4.69) is 31.2 Å². The van der Waals surface area contributed by atoms with Crippen molar-refractivity contribution in [1.29, 1.82) is 0 Å². The number of methoxy groups -OCH3 is 1. The molecule has 1 aromatic heterocycles. The van der Waals surface area contributed by atoms with Gasteiger partial charge >= 0.3 is 0 Å². The molecule has 3 rings (SSSR count). The molecule has 2 amide bonds. The lowest BCUT2D eigenvalue weighted by atomic mass is 10.1. The summed E-state index contributed by atoms with van der Waals surface area (Å²) in [5.74, 6) is 0.555. The molecule has 3 aromatic rings. The summed E-state index contributed by atoms with van der Waals surface area (Å²) in [5, 5.41) is 11.9. The van der Waals surface area contributed by atoms with Crippen LogP contribution < -0.4 is 26.0 Å². The number of hydrogen-bond donors (Lipinski definition) is 4. The number of para-hydroxylation sites is 1. The summed E-state index contributed by atoms with van der Waals surface area (Å²) in [5.41, 5.74) is 2.07. The summed E-state index contributed by atoms with van der Waals surface area (Å²) in [6, 6.07) is 12.2. The zero-order valence-corrected chi connectivity index (χ0v) is 21.2. The van der Waals surface area contributed by atoms with E-state index in [1.807, 2.05) is 19.0 Å². The fourth-order valence-electron chi connectivity index (χ4n) is 3.13. The molecule has 10 nitrogen and oxygen atoms in total. The summed E-state index contributed by atoms with van der Waals surface area (Å²) >= 11 is 6.32. The maximum atomic E-state index is 12.2. The number of hydrogen-bond acceptors (Lipinski definition) is 8. The van der Waals surface area contributed by atoms with Crippen LogP contribution in [0.1, 0.15) is 10.4 Å². The first-order valence-corrected chi connectivity index (χ1v) is 11.4. The van der Waals surface area contributed by atoms with Gasteiger partial charge in [0.2, 0.25) is 11.9 Å². The maximum Gasteiger partial charge on any atom is 0.253 e. The number of amides is 2. The fourth-order valence-corrected chi connectivity index (χ4v) is 3.26. The predicted octanol–water partition coefficient (Wildman–Crippen LogP) is 4.04. The lowest BCUT2D eigenvalue weighted by Crippen LogP contribution is -2.19. The molecule has 1 heterocycles. The van der Waals surface area contributed by atoms with E-state index >= 15 is 0 Å². The number of aromatic nitrogens is 2. The highest BCUT2D eigenvalue weighted by atomic mass is 35.5. The van der Waals surface area contributed by atoms with Gasteiger partial charge in [0.1, 0.15) is 10.8 Å². The van der Waals surface area contributed by atoms with Crippen LogP contribution >= 0.6 is 11.6 Å². The van der Waals surface area contributed by atoms with Crippen LogP contribution in [0.25, 0.3) is 0 Å². The minimum absolute atomic E-state index is 0.229. The number of carbonyl (C=O) groups excluding carboxylic acids is 2. The molecule has 36 heavy (non-hydrogen) atoms. The molecule has 0 unspecified atom stereocenters. The van der Waals surface area contributed by atoms with Gasteiger partial charge in [-0.15, -0.1) is 0 Å². The quantitative estimate of drug-likeness (QED) is 0.302. The largest absolute Gasteiger partial charge is 0.495 e. The lowest BCUT2D eigenvalue weighted by Gasteiger charge is -2.14. The van der Waals surface area contributed by atoms with Crippen LogP contribution in [0.15, 0.2) is 60.8 Å². The second-order valence-corrected chi connectivity index (χ2v) is 8.24. The van der Waals surface area contributed by atoms with Crippen LogP contribution in [0.3, 0.4) is 0 Å². The molecule has 188 valence electrons. The minimum atomic E-state index is -0.253. The molecule has 0 bridgehead atoms. The van der Waals surface area contributed by atoms with Gasteiger partial charge in [-0.25, -0.2) is 4.98 Å². The molecule has 11 heteroatoms. The summed E-state index contributed by atoms with van der Waals surface area (Å²) in [4.78, 5) is 35.1. The van der Waals surface area contributed by atoms with Gasteiger partial charge in [-0.05, 0) is 44.4 Å². The fraction of sp³-hybridized carbons (Fsp3) is 0.200. The van der Waals surface area contributed by atoms with Gasteiger partial charge in [-0.3, -0.25) is 9.59 Å². The van der Waals surface area contributed by atoms with Gasteiger partial charge < -0.3 is 30.9 Å². The first-order chi connectivity index (χ1) is 17.3. The molecule has 0 fully saturated rings. The number of rotatable bonds is 10. The van der Waals surface area contributed by atoms with E-state index in [-0.39, 0.29) is 22.8 Å². The Morgan fingerprint density at radius 3 is 2.61 bits per heavy atom. The standard InChI is InChI=1S/C25H28ClN7O3/c1-27-24(35)17-8-5-6-9-19(17)30-23-18(26)15-28-25(32-23)31-20-14-16(11-12-21(20)36-4)29-22(34)10-7-13-33(2)3/h5-12,14-15H,13H2,1-4H3,(H,27,35)(H,29,34)(H2,28,30,31,32). The normalized spacial score (nSPS) is 10.8. The molecule has 0 aliphatic rings. The molecule has 4 N–H and O–H groups in total. The van der Waals surface area contributed by atoms with E-state index in [9.17, 15) is 9.59 Å². The van der Waals surface area contributed by atoms with Crippen molar-refractivity contribution in [2.24, 2.45) is 0 Å². The summed E-state index contributed by atoms with van der Waals surface area (Å²) < 4.78 is 5.44. The SMILES string of the molecule is CNC(=O)c1ccccc1Nc1nc(Nc2cc(NC(=O)C=CCN(C)C)ccc2OC)ncc1Cl. The third kappa shape index (κ3) is 7.17. The third-order valence-electron chi connectivity index (χ3n) is 4.85. The number of ether oxygens (including phenoxy) is 1. The molecule has 0 saturated carbocycles. The lowest BCUT2D eigenvalue weighted by molar-refractivity contribution is -0.111. The van der Waals surface area contributed by atoms with E-state index in [4.69, 9.17) is 16.3 Å². The van der Waals surface area contributed by atoms with Crippen molar-refractivity contribution in [3.63, 3.8) is 0 Å². The summed E-state index contributed by atoms with van der Waals surface area (Å²) in [6.07, 6.45) is 4.69. The van der Waals surface area contributed by atoms with Gasteiger partial charge in [0.15, 0.2) is 5.82 Å². The smallest absolute Gasteiger partial charge is 0.253 e. The molecule has 0 radical (unpaired) electrons. The highest BCUT2D eigenvalue weighted by Crippen LogP contribution is 2.31. The van der Waals surface area contributed by atoms with Crippen molar-refractivity contribution in [2.45, 2.75) is 0 Å². The zero-order valence-electron chi connectivity index (χ0n) is 20.4. The molecule has 0 saturated heterocycles. The van der Waals surface area contributed by atoms with E-state index in [0.717, 1.165) is 0 Å². The molecule has 0 aliphatic heterocycles. The number of nitrogens with one attached hydrogen (secondary N) is 4. The van der Waals surface area contributed by atoms with Crippen LogP contribution in [0, 0.1) is 0 Å². The number of anilines is 5. The Balaban J connectivity index is 1.82. The van der Waals surface area contributed by atoms with Gasteiger partial charge in [0.05, 0.1) is 30.2 Å². The molecular weight excluding hydrogens is 482 g/mol. The summed E-state index contributed by atoms with van der Waals surface area (Å²) in [6.45, 7) is 0.653. The average molecular weight is 510 g/mol. The Labute approximate surface area is 214 Å². The van der Waals surface area contributed by atoms with E-state index in [0.29, 0.717) is 40.7 Å². The third-order valence-corrected chi connectivity index (χ3v) is 5.13. The van der Waals surface area contributed by atoms with Crippen LogP contribution in [-0.2, 0) is 4.79 Å². The van der Waals surface area contributed by atoms with E-state index in [1.165, 1.54) is 19.4 Å². The van der Waals surface area contributed by atoms with Crippen molar-refractivity contribution in [2.75, 3.05) is 50.7 Å². The molecular formula is C25H28ClN7O3. The second kappa shape index (κ2) is 12.5. The number of likely N-dealkylation sites (N-methyl/N-ethyl adjacent to an activating group) is 1. The number of halogens is 1. The Hall–Kier alpha value is -4.15. The predicted molar refractivity (Wildman–Crippen MR) is 143 cm³/mol.